The molecule has 302 valence electrons. The van der Waals surface area contributed by atoms with Crippen LogP contribution >= 0.6 is 22.9 Å². The second kappa shape index (κ2) is 15.4. The summed E-state index contributed by atoms with van der Waals surface area (Å²) in [6.07, 6.45) is 3.13. The van der Waals surface area contributed by atoms with E-state index in [1.165, 1.54) is 22.7 Å². The number of ketones is 1. The largest absolute Gasteiger partial charge is 0.497 e. The van der Waals surface area contributed by atoms with Crippen LogP contribution in [0.1, 0.15) is 92.9 Å². The number of carboxylic acids is 1. The van der Waals surface area contributed by atoms with Gasteiger partial charge in [0, 0.05) is 36.4 Å². The molecule has 0 radical (unpaired) electrons. The summed E-state index contributed by atoms with van der Waals surface area (Å²) in [6, 6.07) is 6.42. The Labute approximate surface area is 337 Å². The maximum atomic E-state index is 14.8. The van der Waals surface area contributed by atoms with E-state index in [0.29, 0.717) is 67.9 Å². The second-order valence-electron chi connectivity index (χ2n) is 17.7. The molecule has 2 unspecified atom stereocenters. The van der Waals surface area contributed by atoms with Gasteiger partial charge in [0.2, 0.25) is 5.91 Å². The number of carbonyl (C=O) groups is 4. The summed E-state index contributed by atoms with van der Waals surface area (Å²) in [4.78, 5) is 66.1. The van der Waals surface area contributed by atoms with Crippen molar-refractivity contribution < 1.29 is 38.5 Å². The molecule has 1 saturated heterocycles. The van der Waals surface area contributed by atoms with Crippen molar-refractivity contribution in [1.29, 1.82) is 0 Å². The molecule has 1 aliphatic heterocycles. The molecule has 8 atom stereocenters. The highest BCUT2D eigenvalue weighted by molar-refractivity contribution is 7.20. The summed E-state index contributed by atoms with van der Waals surface area (Å²) in [6.45, 7) is 11.8. The number of anilines is 1. The van der Waals surface area contributed by atoms with Gasteiger partial charge in [-0.2, -0.15) is 0 Å². The van der Waals surface area contributed by atoms with E-state index in [1.807, 2.05) is 47.6 Å². The number of esters is 1. The maximum Gasteiger partial charge on any atom is 0.310 e. The van der Waals surface area contributed by atoms with E-state index < -0.39 is 40.8 Å². The standard InChI is InChI=1S/C42H53ClN4O8S/c1-8-24-18-42(24,39(51)52)19-33(48)32-15-27(20-47(32)38(50)29(41(4,5)6)16-35(49)55-26-12-22-11-23(22)13-26)54-34-17-31(36-37(43)56-40(46-36)44-21(2)3)45-30-14-25(53-7)9-10-28(30)34/h9-10,14,17,21-24,26-27,29,32H,8,11-13,15-16,18-20H2,1-7H3,(H,44,46)(H,51,52)/t22-,23?,24+,26?,27+,29+,32-,42+/m0/s1. The number of halogens is 1. The summed E-state index contributed by atoms with van der Waals surface area (Å²) in [5.74, 6) is -0.598. The number of pyridine rings is 1. The van der Waals surface area contributed by atoms with Crippen molar-refractivity contribution in [3.05, 3.63) is 28.6 Å². The summed E-state index contributed by atoms with van der Waals surface area (Å²) < 4.78 is 18.6. The molecule has 1 amide bonds. The summed E-state index contributed by atoms with van der Waals surface area (Å²) in [5.41, 5.74) is -0.246. The molecular formula is C42H53ClN4O8S. The van der Waals surface area contributed by atoms with Crippen molar-refractivity contribution in [3.63, 3.8) is 0 Å². The highest BCUT2D eigenvalue weighted by Gasteiger charge is 2.61. The zero-order valence-corrected chi connectivity index (χ0v) is 34.8. The number of benzene rings is 1. The summed E-state index contributed by atoms with van der Waals surface area (Å²) in [7, 11) is 1.57. The fourth-order valence-corrected chi connectivity index (χ4v) is 10.1. The van der Waals surface area contributed by atoms with E-state index in [2.05, 4.69) is 5.32 Å². The Bertz CT molecular complexity index is 2020. The molecule has 14 heteroatoms. The van der Waals surface area contributed by atoms with Gasteiger partial charge in [-0.1, -0.05) is 57.1 Å². The minimum absolute atomic E-state index is 0.0648. The number of aliphatic carboxylic acids is 1. The number of carboxylic acid groups (broad SMARTS) is 1. The van der Waals surface area contributed by atoms with Crippen LogP contribution in [-0.2, 0) is 23.9 Å². The quantitative estimate of drug-likeness (QED) is 0.143. The molecule has 56 heavy (non-hydrogen) atoms. The fraction of sp³-hybridized carbons (Fsp3) is 0.619. The number of fused-ring (bicyclic) bond motifs is 2. The summed E-state index contributed by atoms with van der Waals surface area (Å²) in [5, 5.41) is 14.9. The van der Waals surface area contributed by atoms with Gasteiger partial charge in [0.25, 0.3) is 0 Å². The molecule has 1 aromatic carbocycles. The maximum absolute atomic E-state index is 14.8. The molecule has 4 fully saturated rings. The van der Waals surface area contributed by atoms with Crippen LogP contribution < -0.4 is 14.8 Å². The highest BCUT2D eigenvalue weighted by Crippen LogP contribution is 2.58. The van der Waals surface area contributed by atoms with Crippen LogP contribution in [0.25, 0.3) is 22.3 Å². The molecule has 3 heterocycles. The first-order chi connectivity index (χ1) is 26.5. The van der Waals surface area contributed by atoms with Crippen LogP contribution in [0.2, 0.25) is 4.34 Å². The van der Waals surface area contributed by atoms with E-state index in [0.717, 1.165) is 12.8 Å². The Morgan fingerprint density at radius 3 is 2.43 bits per heavy atom. The van der Waals surface area contributed by atoms with Gasteiger partial charge in [0.05, 0.1) is 48.7 Å². The number of hydrogen-bond acceptors (Lipinski definition) is 11. The van der Waals surface area contributed by atoms with E-state index >= 15 is 0 Å². The topological polar surface area (TPSA) is 157 Å². The molecule has 12 nitrogen and oxygen atoms in total. The van der Waals surface area contributed by atoms with Crippen LogP contribution in [0.4, 0.5) is 5.13 Å². The Balaban J connectivity index is 1.20. The number of rotatable bonds is 15. The first-order valence-electron chi connectivity index (χ1n) is 19.8. The van der Waals surface area contributed by atoms with Gasteiger partial charge in [-0.25, -0.2) is 9.97 Å². The molecule has 0 bridgehead atoms. The number of ether oxygens (including phenoxy) is 3. The van der Waals surface area contributed by atoms with Crippen molar-refractivity contribution >= 4 is 62.6 Å². The van der Waals surface area contributed by atoms with Gasteiger partial charge in [0.1, 0.15) is 33.7 Å². The lowest BCUT2D eigenvalue weighted by atomic mass is 9.77. The van der Waals surface area contributed by atoms with Crippen molar-refractivity contribution in [3.8, 4) is 22.9 Å². The smallest absolute Gasteiger partial charge is 0.310 e. The van der Waals surface area contributed by atoms with Gasteiger partial charge < -0.3 is 29.5 Å². The average Bonchev–Trinajstić information content (AvgIpc) is 3.86. The minimum atomic E-state index is -1.14. The number of thiazole rings is 1. The van der Waals surface area contributed by atoms with Crippen LogP contribution in [0, 0.1) is 34.5 Å². The van der Waals surface area contributed by atoms with Gasteiger partial charge in [-0.3, -0.25) is 19.2 Å². The second-order valence-corrected chi connectivity index (χ2v) is 19.3. The van der Waals surface area contributed by atoms with Crippen molar-refractivity contribution in [1.82, 2.24) is 14.9 Å². The zero-order chi connectivity index (χ0) is 40.3. The van der Waals surface area contributed by atoms with Crippen molar-refractivity contribution in [2.45, 2.75) is 117 Å². The van der Waals surface area contributed by atoms with Crippen LogP contribution in [0.3, 0.4) is 0 Å². The first kappa shape index (κ1) is 40.2. The Morgan fingerprint density at radius 1 is 1.07 bits per heavy atom. The van der Waals surface area contributed by atoms with Crippen LogP contribution in [0.5, 0.6) is 11.5 Å². The number of likely N-dealkylation sites (tertiary alicyclic amines) is 1. The SMILES string of the molecule is CC[C@@H]1C[C@]1(CC(=O)[C@@H]1C[C@@H](Oc2cc(-c3nc(NC(C)C)sc3Cl)nc3cc(OC)ccc23)CN1C(=O)[C@@H](CC(=O)OC1CC2C[C@H]2C1)C(C)(C)C)C(=O)O. The number of carbonyl (C=O) groups excluding carboxylic acids is 3. The van der Waals surface area contributed by atoms with Gasteiger partial charge in [0.15, 0.2) is 10.9 Å². The lowest BCUT2D eigenvalue weighted by Crippen LogP contribution is -2.48. The number of hydrogen-bond donors (Lipinski definition) is 2. The van der Waals surface area contributed by atoms with E-state index in [9.17, 15) is 24.3 Å². The fourth-order valence-electron chi connectivity index (χ4n) is 8.92. The molecule has 4 aliphatic rings. The Hall–Kier alpha value is -3.97. The Kier molecular flexibility index (Phi) is 11.1. The van der Waals surface area contributed by atoms with Crippen LogP contribution in [0.15, 0.2) is 24.3 Å². The van der Waals surface area contributed by atoms with Gasteiger partial charge in [-0.05, 0) is 74.8 Å². The van der Waals surface area contributed by atoms with Crippen molar-refractivity contribution in [2.75, 3.05) is 19.0 Å². The highest BCUT2D eigenvalue weighted by atomic mass is 35.5. The molecule has 3 saturated carbocycles. The molecular weight excluding hydrogens is 756 g/mol. The number of nitrogens with zero attached hydrogens (tertiary/aromatic N) is 3. The summed E-state index contributed by atoms with van der Waals surface area (Å²) >= 11 is 8.03. The number of nitrogens with one attached hydrogen (secondary N) is 1. The molecule has 2 aromatic heterocycles. The van der Waals surface area contributed by atoms with E-state index in [4.69, 9.17) is 35.8 Å². The van der Waals surface area contributed by atoms with Crippen molar-refractivity contribution in [2.24, 2.45) is 34.5 Å². The predicted molar refractivity (Wildman–Crippen MR) is 214 cm³/mol. The third-order valence-electron chi connectivity index (χ3n) is 12.3. The predicted octanol–water partition coefficient (Wildman–Crippen LogP) is 8.04. The Morgan fingerprint density at radius 2 is 1.80 bits per heavy atom. The monoisotopic (exact) mass is 808 g/mol. The van der Waals surface area contributed by atoms with E-state index in [-0.39, 0.29) is 55.6 Å². The minimum Gasteiger partial charge on any atom is -0.497 e. The number of amides is 1. The van der Waals surface area contributed by atoms with Gasteiger partial charge in [-0.15, -0.1) is 0 Å². The number of aromatic nitrogens is 2. The molecule has 7 rings (SSSR count). The first-order valence-corrected chi connectivity index (χ1v) is 21.0. The lowest BCUT2D eigenvalue weighted by Gasteiger charge is -2.35. The molecule has 0 spiro atoms. The molecule has 3 aromatic rings. The normalized spacial score (nSPS) is 27.2. The third kappa shape index (κ3) is 8.21. The van der Waals surface area contributed by atoms with Gasteiger partial charge >= 0.3 is 11.9 Å². The van der Waals surface area contributed by atoms with E-state index in [1.54, 1.807) is 25.3 Å². The lowest BCUT2D eigenvalue weighted by molar-refractivity contribution is -0.157. The molecule has 3 aliphatic carbocycles. The molecule has 2 N–H and O–H groups in total. The number of Topliss-reactive ketones (excluding diaryl/α,β-unsaturated/α-hetero) is 1. The third-order valence-corrected chi connectivity index (χ3v) is 13.5. The number of methoxy groups -OCH3 is 1. The zero-order valence-electron chi connectivity index (χ0n) is 33.2. The average molecular weight is 809 g/mol. The van der Waals surface area contributed by atoms with Crippen LogP contribution in [-0.4, -0.2) is 81.5 Å².